The summed E-state index contributed by atoms with van der Waals surface area (Å²) in [6.07, 6.45) is 0.577. The van der Waals surface area contributed by atoms with E-state index >= 15 is 0 Å². The molecule has 2 aliphatic rings. The Bertz CT molecular complexity index is 108. The first-order valence-corrected chi connectivity index (χ1v) is 3.98. The van der Waals surface area contributed by atoms with Gasteiger partial charge in [0, 0.05) is 0 Å². The zero-order valence-corrected chi connectivity index (χ0v) is 6.14. The van der Waals surface area contributed by atoms with Crippen molar-refractivity contribution in [1.82, 2.24) is 0 Å². The van der Waals surface area contributed by atoms with Gasteiger partial charge in [0.15, 0.2) is 0 Å². The average Bonchev–Trinajstić information content (AvgIpc) is 2.74. The van der Waals surface area contributed by atoms with E-state index in [9.17, 15) is 0 Å². The maximum absolute atomic E-state index is 5.24. The number of morpholine rings is 1. The molecule has 0 aromatic heterocycles. The molecule has 2 fully saturated rings. The molecule has 2 saturated heterocycles. The molecule has 2 heterocycles. The summed E-state index contributed by atoms with van der Waals surface area (Å²) in [6, 6.07) is 0. The molecule has 58 valence electrons. The van der Waals surface area contributed by atoms with E-state index in [1.165, 1.54) is 19.6 Å². The zero-order chi connectivity index (χ0) is 6.81. The van der Waals surface area contributed by atoms with Gasteiger partial charge in [-0.25, -0.2) is 0 Å². The number of hydrogen-bond donors (Lipinski definition) is 1. The maximum Gasteiger partial charge on any atom is 0.130 e. The highest BCUT2D eigenvalue weighted by Crippen LogP contribution is 2.04. The van der Waals surface area contributed by atoms with Crippen LogP contribution < -0.4 is 4.90 Å². The van der Waals surface area contributed by atoms with Crippen LogP contribution in [0.4, 0.5) is 0 Å². The quantitative estimate of drug-likeness (QED) is 0.468. The Balaban J connectivity index is 1.69. The molecule has 0 aromatic carbocycles. The van der Waals surface area contributed by atoms with E-state index in [0.717, 1.165) is 19.8 Å². The summed E-state index contributed by atoms with van der Waals surface area (Å²) in [5.41, 5.74) is 0. The van der Waals surface area contributed by atoms with E-state index in [2.05, 4.69) is 0 Å². The lowest BCUT2D eigenvalue weighted by atomic mass is 10.3. The second kappa shape index (κ2) is 2.86. The van der Waals surface area contributed by atoms with Gasteiger partial charge < -0.3 is 14.4 Å². The highest BCUT2D eigenvalue weighted by atomic mass is 16.6. The van der Waals surface area contributed by atoms with Crippen molar-refractivity contribution in [1.29, 1.82) is 0 Å². The van der Waals surface area contributed by atoms with Crippen LogP contribution in [0.3, 0.4) is 0 Å². The fourth-order valence-corrected chi connectivity index (χ4v) is 1.37. The van der Waals surface area contributed by atoms with Crippen LogP contribution in [-0.4, -0.2) is 45.6 Å². The van der Waals surface area contributed by atoms with Crippen LogP contribution in [0.5, 0.6) is 0 Å². The molecule has 0 spiro atoms. The van der Waals surface area contributed by atoms with Gasteiger partial charge in [-0.3, -0.25) is 0 Å². The minimum Gasteiger partial charge on any atom is -0.370 e. The molecule has 2 aliphatic heterocycles. The molecule has 1 N–H and O–H groups in total. The van der Waals surface area contributed by atoms with Gasteiger partial charge in [-0.15, -0.1) is 0 Å². The molecule has 3 nitrogen and oxygen atoms in total. The van der Waals surface area contributed by atoms with Crippen molar-refractivity contribution in [3.63, 3.8) is 0 Å². The molecule has 10 heavy (non-hydrogen) atoms. The molecule has 0 unspecified atom stereocenters. The van der Waals surface area contributed by atoms with Gasteiger partial charge in [-0.05, 0) is 0 Å². The lowest BCUT2D eigenvalue weighted by Crippen LogP contribution is -3.14. The molecule has 0 aliphatic carbocycles. The summed E-state index contributed by atoms with van der Waals surface area (Å²) < 4.78 is 10.4. The van der Waals surface area contributed by atoms with E-state index in [1.807, 2.05) is 0 Å². The first kappa shape index (κ1) is 6.58. The van der Waals surface area contributed by atoms with Crippen molar-refractivity contribution >= 4 is 0 Å². The summed E-state index contributed by atoms with van der Waals surface area (Å²) in [7, 11) is 0. The Kier molecular flexibility index (Phi) is 1.88. The van der Waals surface area contributed by atoms with Crippen molar-refractivity contribution in [2.24, 2.45) is 0 Å². The van der Waals surface area contributed by atoms with E-state index in [4.69, 9.17) is 9.47 Å². The molecule has 0 saturated carbocycles. The van der Waals surface area contributed by atoms with E-state index in [-0.39, 0.29) is 0 Å². The molecule has 1 atom stereocenters. The fourth-order valence-electron chi connectivity index (χ4n) is 1.37. The van der Waals surface area contributed by atoms with Gasteiger partial charge in [0.05, 0.1) is 19.8 Å². The summed E-state index contributed by atoms with van der Waals surface area (Å²) in [5.74, 6) is 0. The normalized spacial score (nSPS) is 34.2. The van der Waals surface area contributed by atoms with Gasteiger partial charge in [-0.1, -0.05) is 0 Å². The zero-order valence-electron chi connectivity index (χ0n) is 6.14. The monoisotopic (exact) mass is 144 g/mol. The van der Waals surface area contributed by atoms with Crippen LogP contribution in [0.1, 0.15) is 0 Å². The molecule has 0 amide bonds. The molecular weight excluding hydrogens is 130 g/mol. The largest absolute Gasteiger partial charge is 0.370 e. The van der Waals surface area contributed by atoms with Gasteiger partial charge in [0.2, 0.25) is 0 Å². The Labute approximate surface area is 60.9 Å². The number of ether oxygens (including phenoxy) is 2. The number of quaternary nitrogens is 1. The number of rotatable bonds is 2. The van der Waals surface area contributed by atoms with E-state index in [0.29, 0.717) is 6.10 Å². The minimum absolute atomic E-state index is 0.577. The van der Waals surface area contributed by atoms with E-state index in [1.54, 1.807) is 4.90 Å². The SMILES string of the molecule is C1C[NH+](C[C@@H]2CO2)CCO1. The first-order chi connectivity index (χ1) is 4.95. The Morgan fingerprint density at radius 1 is 1.30 bits per heavy atom. The van der Waals surface area contributed by atoms with Crippen molar-refractivity contribution in [2.75, 3.05) is 39.5 Å². The number of hydrogen-bond acceptors (Lipinski definition) is 2. The second-order valence-corrected chi connectivity index (χ2v) is 3.02. The number of nitrogens with one attached hydrogen (secondary N) is 1. The third-order valence-electron chi connectivity index (χ3n) is 2.12. The van der Waals surface area contributed by atoms with Crippen LogP contribution in [-0.2, 0) is 9.47 Å². The van der Waals surface area contributed by atoms with Crippen LogP contribution in [0.25, 0.3) is 0 Å². The highest BCUT2D eigenvalue weighted by Gasteiger charge is 2.28. The third-order valence-corrected chi connectivity index (χ3v) is 2.12. The van der Waals surface area contributed by atoms with E-state index < -0.39 is 0 Å². The highest BCUT2D eigenvalue weighted by molar-refractivity contribution is 4.66. The van der Waals surface area contributed by atoms with Crippen molar-refractivity contribution < 1.29 is 14.4 Å². The van der Waals surface area contributed by atoms with Gasteiger partial charge in [-0.2, -0.15) is 0 Å². The van der Waals surface area contributed by atoms with Crippen molar-refractivity contribution in [2.45, 2.75) is 6.10 Å². The predicted molar refractivity (Wildman–Crippen MR) is 36.1 cm³/mol. The van der Waals surface area contributed by atoms with Crippen LogP contribution >= 0.6 is 0 Å². The predicted octanol–water partition coefficient (Wildman–Crippen LogP) is -1.70. The van der Waals surface area contributed by atoms with Crippen molar-refractivity contribution in [3.05, 3.63) is 0 Å². The fraction of sp³-hybridized carbons (Fsp3) is 1.00. The maximum atomic E-state index is 5.24. The standard InChI is InChI=1S/C7H13NO2/c1-3-9-4-2-8(1)5-7-6-10-7/h7H,1-6H2/p+1/t7-/m1/s1. The lowest BCUT2D eigenvalue weighted by Gasteiger charge is -2.22. The van der Waals surface area contributed by atoms with Crippen LogP contribution in [0, 0.1) is 0 Å². The Morgan fingerprint density at radius 3 is 2.60 bits per heavy atom. The summed E-state index contributed by atoms with van der Waals surface area (Å²) >= 11 is 0. The topological polar surface area (TPSA) is 26.2 Å². The van der Waals surface area contributed by atoms with Gasteiger partial charge >= 0.3 is 0 Å². The lowest BCUT2D eigenvalue weighted by molar-refractivity contribution is -0.908. The summed E-state index contributed by atoms with van der Waals surface area (Å²) in [5, 5.41) is 0. The van der Waals surface area contributed by atoms with Crippen LogP contribution in [0.15, 0.2) is 0 Å². The Hall–Kier alpha value is -0.120. The number of epoxide rings is 1. The molecule has 0 radical (unpaired) electrons. The Morgan fingerprint density at radius 2 is 2.00 bits per heavy atom. The minimum atomic E-state index is 0.577. The summed E-state index contributed by atoms with van der Waals surface area (Å²) in [6.45, 7) is 6.39. The first-order valence-electron chi connectivity index (χ1n) is 3.98. The second-order valence-electron chi connectivity index (χ2n) is 3.02. The summed E-state index contributed by atoms with van der Waals surface area (Å²) in [4.78, 5) is 1.65. The van der Waals surface area contributed by atoms with Crippen LogP contribution in [0.2, 0.25) is 0 Å². The van der Waals surface area contributed by atoms with Gasteiger partial charge in [0.1, 0.15) is 25.7 Å². The molecule has 2 rings (SSSR count). The molecule has 0 aromatic rings. The molecule has 3 heteroatoms. The molecule has 0 bridgehead atoms. The third kappa shape index (κ3) is 1.68. The van der Waals surface area contributed by atoms with Crippen molar-refractivity contribution in [3.8, 4) is 0 Å². The van der Waals surface area contributed by atoms with Gasteiger partial charge in [0.25, 0.3) is 0 Å². The average molecular weight is 144 g/mol. The smallest absolute Gasteiger partial charge is 0.130 e. The molecular formula is C7H14NO2+.